The van der Waals surface area contributed by atoms with Crippen LogP contribution in [0.25, 0.3) is 6.08 Å². The summed E-state index contributed by atoms with van der Waals surface area (Å²) in [4.78, 5) is 40.2. The molecule has 2 heterocycles. The Labute approximate surface area is 305 Å². The molecule has 288 valence electrons. The van der Waals surface area contributed by atoms with Gasteiger partial charge in [-0.2, -0.15) is 0 Å². The Kier molecular flexibility index (Phi) is 16.6. The summed E-state index contributed by atoms with van der Waals surface area (Å²) >= 11 is 0. The first-order valence-corrected chi connectivity index (χ1v) is 17.3. The van der Waals surface area contributed by atoms with Crippen molar-refractivity contribution in [3.05, 3.63) is 52.7 Å². The zero-order valence-electron chi connectivity index (χ0n) is 30.8. The smallest absolute Gasteiger partial charge is 0.411 e. The maximum atomic E-state index is 13.2. The molecule has 1 aromatic carbocycles. The monoisotopic (exact) mass is 730 g/mol. The number of amides is 3. The lowest BCUT2D eigenvalue weighted by molar-refractivity contribution is -0.112. The predicted octanol–water partition coefficient (Wildman–Crippen LogP) is 4.44. The number of nitrogens with two attached hydrogens (primary N) is 1. The van der Waals surface area contributed by atoms with E-state index in [0.29, 0.717) is 30.8 Å². The molecule has 52 heavy (non-hydrogen) atoms. The van der Waals surface area contributed by atoms with Gasteiger partial charge in [-0.25, -0.2) is 9.59 Å². The molecule has 15 nitrogen and oxygen atoms in total. The summed E-state index contributed by atoms with van der Waals surface area (Å²) in [7, 11) is 2.87. The van der Waals surface area contributed by atoms with Crippen molar-refractivity contribution < 1.29 is 53.4 Å². The van der Waals surface area contributed by atoms with E-state index in [1.807, 2.05) is 0 Å². The summed E-state index contributed by atoms with van der Waals surface area (Å²) in [5.74, 6) is -1.98. The largest absolute Gasteiger partial charge is 0.506 e. The maximum Gasteiger partial charge on any atom is 0.411 e. The number of carbonyl (C=O) groups excluding carboxylic acids is 3. The number of ether oxygens (including phenoxy) is 5. The van der Waals surface area contributed by atoms with Crippen LogP contribution >= 0.6 is 0 Å². The molecule has 0 aromatic heterocycles. The van der Waals surface area contributed by atoms with Crippen molar-refractivity contribution in [1.29, 1.82) is 0 Å². The average molecular weight is 731 g/mol. The standard InChI is InChI=1S/C37H54N4O11/c1-22-18-26-31(40-37(47)51-15-8-7-12-41-13-16-50-17-14-41)28(42)21-27(33(26)44)39-35(45)23(2)10-9-11-29(48-5)34(52-36(38)46)25(4)20-24(3)32(43)30(19-22)49-6/h9-11,18,20-21,24,29-30,32,34,42-44H,7-8,12-17,19H2,1-6H3,(H2,38,46)(H,39,45)(H,40,47)/b11-9?,22-18+,23-10+,25-20+/t24-,29-,30-,32+,34-/m0/s1. The van der Waals surface area contributed by atoms with Gasteiger partial charge in [-0.1, -0.05) is 36.8 Å². The number of rotatable bonds is 9. The molecule has 1 fully saturated rings. The van der Waals surface area contributed by atoms with Crippen molar-refractivity contribution in [3.63, 3.8) is 0 Å². The number of fused-ring (bicyclic) bond motifs is 2. The lowest BCUT2D eigenvalue weighted by atomic mass is 9.91. The van der Waals surface area contributed by atoms with Gasteiger partial charge in [-0.05, 0) is 58.2 Å². The molecule has 2 bridgehead atoms. The highest BCUT2D eigenvalue weighted by atomic mass is 16.6. The van der Waals surface area contributed by atoms with Crippen LogP contribution in [-0.2, 0) is 28.5 Å². The van der Waals surface area contributed by atoms with Gasteiger partial charge in [0.15, 0.2) is 6.10 Å². The van der Waals surface area contributed by atoms with Gasteiger partial charge < -0.3 is 50.1 Å². The molecule has 0 saturated carbocycles. The number of aromatic hydroxyl groups is 2. The molecule has 5 atom stereocenters. The number of unbranched alkanes of at least 4 members (excludes halogenated alkanes) is 1. The second-order valence-corrected chi connectivity index (χ2v) is 13.0. The number of morpholine rings is 1. The van der Waals surface area contributed by atoms with Crippen LogP contribution in [0, 0.1) is 5.92 Å². The van der Waals surface area contributed by atoms with Crippen molar-refractivity contribution in [2.24, 2.45) is 11.7 Å². The molecule has 2 aliphatic heterocycles. The van der Waals surface area contributed by atoms with Crippen molar-refractivity contribution >= 4 is 35.5 Å². The first-order valence-electron chi connectivity index (χ1n) is 17.3. The third-order valence-corrected chi connectivity index (χ3v) is 8.93. The third-order valence-electron chi connectivity index (χ3n) is 8.93. The number of nitrogens with zero attached hydrogens (tertiary/aromatic N) is 1. The highest BCUT2D eigenvalue weighted by molar-refractivity contribution is 6.06. The third kappa shape index (κ3) is 12.4. The van der Waals surface area contributed by atoms with E-state index in [1.165, 1.54) is 39.4 Å². The average Bonchev–Trinajstić information content (AvgIpc) is 3.11. The van der Waals surface area contributed by atoms with Crippen molar-refractivity contribution in [1.82, 2.24) is 4.90 Å². The fourth-order valence-electron chi connectivity index (χ4n) is 5.98. The summed E-state index contributed by atoms with van der Waals surface area (Å²) < 4.78 is 27.4. The number of allylic oxidation sites excluding steroid dienone is 2. The van der Waals surface area contributed by atoms with Gasteiger partial charge >= 0.3 is 12.2 Å². The minimum Gasteiger partial charge on any atom is -0.506 e. The first kappa shape index (κ1) is 42.0. The van der Waals surface area contributed by atoms with Crippen molar-refractivity contribution in [3.8, 4) is 11.5 Å². The van der Waals surface area contributed by atoms with Crippen molar-refractivity contribution in [2.45, 2.75) is 71.4 Å². The molecule has 15 heteroatoms. The van der Waals surface area contributed by atoms with Crippen LogP contribution in [0.3, 0.4) is 0 Å². The minimum atomic E-state index is -1.05. The number of aliphatic hydroxyl groups is 1. The van der Waals surface area contributed by atoms with Gasteiger partial charge in [0.25, 0.3) is 5.91 Å². The summed E-state index contributed by atoms with van der Waals surface area (Å²) in [6.07, 6.45) is 4.03. The van der Waals surface area contributed by atoms with Gasteiger partial charge in [0.1, 0.15) is 17.6 Å². The molecular weight excluding hydrogens is 676 g/mol. The molecular formula is C37H54N4O11. The second-order valence-electron chi connectivity index (χ2n) is 13.0. The molecule has 1 saturated heterocycles. The van der Waals surface area contributed by atoms with Crippen LogP contribution in [0.5, 0.6) is 11.5 Å². The number of primary amides is 1. The van der Waals surface area contributed by atoms with Gasteiger partial charge in [0, 0.05) is 50.4 Å². The summed E-state index contributed by atoms with van der Waals surface area (Å²) in [6.45, 7) is 10.9. The van der Waals surface area contributed by atoms with Gasteiger partial charge in [0.05, 0.1) is 43.4 Å². The zero-order valence-corrected chi connectivity index (χ0v) is 30.8. The minimum absolute atomic E-state index is 0.000905. The Balaban J connectivity index is 1.97. The highest BCUT2D eigenvalue weighted by Gasteiger charge is 2.29. The van der Waals surface area contributed by atoms with E-state index in [2.05, 4.69) is 15.5 Å². The summed E-state index contributed by atoms with van der Waals surface area (Å²) in [6, 6.07) is 1.12. The lowest BCUT2D eigenvalue weighted by Crippen LogP contribution is -2.36. The van der Waals surface area contributed by atoms with Crippen LogP contribution < -0.4 is 16.4 Å². The Morgan fingerprint density at radius 2 is 1.83 bits per heavy atom. The number of nitrogens with one attached hydrogen (secondary N) is 2. The molecule has 0 aliphatic carbocycles. The number of anilines is 2. The van der Waals surface area contributed by atoms with E-state index in [-0.39, 0.29) is 35.5 Å². The number of methoxy groups -OCH3 is 2. The lowest BCUT2D eigenvalue weighted by Gasteiger charge is -2.28. The number of aliphatic hydroxyl groups excluding tert-OH is 1. The topological polar surface area (TPSA) is 211 Å². The van der Waals surface area contributed by atoms with Gasteiger partial charge in [0.2, 0.25) is 0 Å². The molecule has 7 N–H and O–H groups in total. The molecule has 2 aliphatic rings. The van der Waals surface area contributed by atoms with Gasteiger partial charge in [-0.15, -0.1) is 0 Å². The fraction of sp³-hybridized carbons (Fsp3) is 0.541. The SMILES string of the molecule is CO[C@H]1C=C/C=C(\C)C(=O)Nc2cc(O)c(NC(=O)OCCCCN3CCOCC3)c(c2O)/C=C(\C)C[C@H](OC)[C@H](O)[C@@H](C)/C=C(\C)[C@@H]1OC(N)=O. The van der Waals surface area contributed by atoms with Crippen LogP contribution in [0.1, 0.15) is 52.5 Å². The Morgan fingerprint density at radius 1 is 1.12 bits per heavy atom. The Bertz CT molecular complexity index is 1520. The maximum absolute atomic E-state index is 13.2. The molecule has 3 rings (SSSR count). The number of phenols is 2. The van der Waals surface area contributed by atoms with E-state index in [1.54, 1.807) is 32.9 Å². The summed E-state index contributed by atoms with van der Waals surface area (Å²) in [5, 5.41) is 39.0. The van der Waals surface area contributed by atoms with Crippen molar-refractivity contribution in [2.75, 3.05) is 64.3 Å². The number of hydrogen-bond donors (Lipinski definition) is 6. The number of phenolic OH excluding ortho intramolecular Hbond substituents is 2. The number of hydrogen-bond acceptors (Lipinski definition) is 12. The molecule has 1 aromatic rings. The first-order chi connectivity index (χ1) is 24.7. The van der Waals surface area contributed by atoms with E-state index in [9.17, 15) is 29.7 Å². The zero-order chi connectivity index (χ0) is 38.4. The molecule has 0 radical (unpaired) electrons. The Hall–Kier alpha value is -4.41. The molecule has 0 spiro atoms. The van der Waals surface area contributed by atoms with Crippen LogP contribution in [-0.4, -0.2) is 116 Å². The van der Waals surface area contributed by atoms with E-state index in [0.717, 1.165) is 32.1 Å². The Morgan fingerprint density at radius 3 is 2.48 bits per heavy atom. The van der Waals surface area contributed by atoms with Gasteiger partial charge in [-0.3, -0.25) is 15.0 Å². The van der Waals surface area contributed by atoms with E-state index >= 15 is 0 Å². The highest BCUT2D eigenvalue weighted by Crippen LogP contribution is 2.42. The predicted molar refractivity (Wildman–Crippen MR) is 196 cm³/mol. The number of benzene rings is 1. The van der Waals surface area contributed by atoms with Crippen LogP contribution in [0.2, 0.25) is 0 Å². The van der Waals surface area contributed by atoms with Crippen LogP contribution in [0.4, 0.5) is 21.0 Å². The van der Waals surface area contributed by atoms with E-state index < -0.39 is 59.9 Å². The number of carbonyl (C=O) groups is 3. The second kappa shape index (κ2) is 20.6. The molecule has 0 unspecified atom stereocenters. The summed E-state index contributed by atoms with van der Waals surface area (Å²) in [5.41, 5.74) is 6.47. The van der Waals surface area contributed by atoms with E-state index in [4.69, 9.17) is 29.4 Å². The normalized spacial score (nSPS) is 26.9. The quantitative estimate of drug-likeness (QED) is 0.0901. The van der Waals surface area contributed by atoms with Crippen LogP contribution in [0.15, 0.2) is 47.1 Å². The molecule has 3 amide bonds. The fourth-order valence-corrected chi connectivity index (χ4v) is 5.98.